The summed E-state index contributed by atoms with van der Waals surface area (Å²) in [6.07, 6.45) is 3.35. The van der Waals surface area contributed by atoms with Gasteiger partial charge < -0.3 is 14.6 Å². The highest BCUT2D eigenvalue weighted by atomic mass is 16.5. The molecule has 15 heavy (non-hydrogen) atoms. The van der Waals surface area contributed by atoms with Crippen LogP contribution in [-0.2, 0) is 9.47 Å². The number of hydrogen-bond acceptors (Lipinski definition) is 3. The van der Waals surface area contributed by atoms with Crippen LogP contribution in [-0.4, -0.2) is 37.6 Å². The van der Waals surface area contributed by atoms with E-state index in [-0.39, 0.29) is 0 Å². The summed E-state index contributed by atoms with van der Waals surface area (Å²) < 4.78 is 10.5. The molecule has 0 bridgehead atoms. The van der Waals surface area contributed by atoms with Crippen molar-refractivity contribution in [2.75, 3.05) is 20.3 Å². The van der Waals surface area contributed by atoms with Gasteiger partial charge in [-0.25, -0.2) is 0 Å². The number of aliphatic hydroxyl groups is 1. The molecule has 1 N–H and O–H groups in total. The van der Waals surface area contributed by atoms with E-state index >= 15 is 0 Å². The molecule has 3 heteroatoms. The zero-order valence-corrected chi connectivity index (χ0v) is 10.1. The maximum atomic E-state index is 9.45. The Kier molecular flexibility index (Phi) is 5.58. The van der Waals surface area contributed by atoms with Crippen molar-refractivity contribution >= 4 is 0 Å². The quantitative estimate of drug-likeness (QED) is 0.762. The summed E-state index contributed by atoms with van der Waals surface area (Å²) in [5, 5.41) is 9.45. The van der Waals surface area contributed by atoms with Gasteiger partial charge in [0, 0.05) is 7.11 Å². The molecule has 1 aliphatic rings. The minimum absolute atomic E-state index is 0.336. The highest BCUT2D eigenvalue weighted by Crippen LogP contribution is 2.30. The lowest BCUT2D eigenvalue weighted by atomic mass is 9.80. The summed E-state index contributed by atoms with van der Waals surface area (Å²) >= 11 is 0. The minimum Gasteiger partial charge on any atom is -0.388 e. The van der Waals surface area contributed by atoms with Crippen molar-refractivity contribution in [3.8, 4) is 0 Å². The molecule has 0 radical (unpaired) electrons. The summed E-state index contributed by atoms with van der Waals surface area (Å²) in [4.78, 5) is 0. The van der Waals surface area contributed by atoms with Crippen molar-refractivity contribution in [3.05, 3.63) is 0 Å². The van der Waals surface area contributed by atoms with Gasteiger partial charge in [-0.05, 0) is 31.1 Å². The predicted octanol–water partition coefficient (Wildman–Crippen LogP) is 1.83. The molecule has 4 unspecified atom stereocenters. The van der Waals surface area contributed by atoms with Gasteiger partial charge in [0.2, 0.25) is 0 Å². The summed E-state index contributed by atoms with van der Waals surface area (Å²) in [5.74, 6) is 1.55. The molecule has 3 nitrogen and oxygen atoms in total. The Labute approximate surface area is 92.8 Å². The average Bonchev–Trinajstić information content (AvgIpc) is 2.20. The van der Waals surface area contributed by atoms with E-state index in [1.54, 1.807) is 7.11 Å². The molecule has 0 aromatic heterocycles. The van der Waals surface area contributed by atoms with Gasteiger partial charge in [-0.15, -0.1) is 0 Å². The Balaban J connectivity index is 2.16. The zero-order valence-electron chi connectivity index (χ0n) is 10.1. The van der Waals surface area contributed by atoms with E-state index in [1.165, 1.54) is 6.42 Å². The first-order chi connectivity index (χ1) is 7.13. The largest absolute Gasteiger partial charge is 0.388 e. The van der Waals surface area contributed by atoms with Crippen molar-refractivity contribution < 1.29 is 14.6 Å². The van der Waals surface area contributed by atoms with Crippen LogP contribution >= 0.6 is 0 Å². The van der Waals surface area contributed by atoms with Gasteiger partial charge >= 0.3 is 0 Å². The number of ether oxygens (including phenoxy) is 2. The van der Waals surface area contributed by atoms with Gasteiger partial charge in [-0.2, -0.15) is 0 Å². The fourth-order valence-corrected chi connectivity index (χ4v) is 2.14. The van der Waals surface area contributed by atoms with Crippen LogP contribution in [0.3, 0.4) is 0 Å². The van der Waals surface area contributed by atoms with Crippen molar-refractivity contribution in [2.45, 2.75) is 45.3 Å². The number of methoxy groups -OCH3 is 1. The van der Waals surface area contributed by atoms with E-state index in [2.05, 4.69) is 13.8 Å². The topological polar surface area (TPSA) is 38.7 Å². The van der Waals surface area contributed by atoms with Gasteiger partial charge in [-0.1, -0.05) is 13.8 Å². The van der Waals surface area contributed by atoms with Crippen molar-refractivity contribution in [1.29, 1.82) is 0 Å². The number of hydrogen-bond donors (Lipinski definition) is 1. The van der Waals surface area contributed by atoms with E-state index in [9.17, 15) is 5.11 Å². The SMILES string of the molecule is COCC(O)COC1CCC(C)C(C)C1. The molecule has 0 aromatic rings. The monoisotopic (exact) mass is 216 g/mol. The number of aliphatic hydroxyl groups excluding tert-OH is 1. The molecule has 0 aromatic carbocycles. The van der Waals surface area contributed by atoms with Crippen molar-refractivity contribution in [3.63, 3.8) is 0 Å². The van der Waals surface area contributed by atoms with E-state index in [1.807, 2.05) is 0 Å². The van der Waals surface area contributed by atoms with Crippen LogP contribution in [0.2, 0.25) is 0 Å². The van der Waals surface area contributed by atoms with Crippen LogP contribution in [0.15, 0.2) is 0 Å². The molecule has 1 aliphatic carbocycles. The molecule has 0 heterocycles. The third-order valence-corrected chi connectivity index (χ3v) is 3.43. The molecule has 0 spiro atoms. The van der Waals surface area contributed by atoms with E-state index in [0.29, 0.717) is 19.3 Å². The van der Waals surface area contributed by atoms with Crippen molar-refractivity contribution in [1.82, 2.24) is 0 Å². The molecular weight excluding hydrogens is 192 g/mol. The predicted molar refractivity (Wildman–Crippen MR) is 59.8 cm³/mol. The third kappa shape index (κ3) is 4.49. The standard InChI is InChI=1S/C12H24O3/c1-9-4-5-12(6-10(9)2)15-8-11(13)7-14-3/h9-13H,4-8H2,1-3H3. The van der Waals surface area contributed by atoms with E-state index in [4.69, 9.17) is 9.47 Å². The Hall–Kier alpha value is -0.120. The summed E-state index contributed by atoms with van der Waals surface area (Å²) in [6.45, 7) is 5.35. The van der Waals surface area contributed by atoms with Crippen LogP contribution in [0.4, 0.5) is 0 Å². The molecule has 1 fully saturated rings. The molecule has 0 amide bonds. The van der Waals surface area contributed by atoms with Crippen molar-refractivity contribution in [2.24, 2.45) is 11.8 Å². The van der Waals surface area contributed by atoms with Crippen LogP contribution < -0.4 is 0 Å². The first-order valence-electron chi connectivity index (χ1n) is 5.92. The lowest BCUT2D eigenvalue weighted by Gasteiger charge is -2.32. The van der Waals surface area contributed by atoms with E-state index in [0.717, 1.165) is 24.7 Å². The second-order valence-corrected chi connectivity index (χ2v) is 4.83. The van der Waals surface area contributed by atoms with Crippen LogP contribution in [0.5, 0.6) is 0 Å². The lowest BCUT2D eigenvalue weighted by molar-refractivity contribution is -0.0567. The average molecular weight is 216 g/mol. The Morgan fingerprint density at radius 1 is 1.20 bits per heavy atom. The first-order valence-corrected chi connectivity index (χ1v) is 5.92. The normalized spacial score (nSPS) is 34.0. The smallest absolute Gasteiger partial charge is 0.101 e. The third-order valence-electron chi connectivity index (χ3n) is 3.43. The van der Waals surface area contributed by atoms with Gasteiger partial charge in [0.05, 0.1) is 19.3 Å². The van der Waals surface area contributed by atoms with Crippen LogP contribution in [0.25, 0.3) is 0 Å². The lowest BCUT2D eigenvalue weighted by Crippen LogP contribution is -2.30. The summed E-state index contributed by atoms with van der Waals surface area (Å²) in [6, 6.07) is 0. The van der Waals surface area contributed by atoms with Crippen LogP contribution in [0.1, 0.15) is 33.1 Å². The first kappa shape index (κ1) is 12.9. The molecule has 1 rings (SSSR count). The Morgan fingerprint density at radius 3 is 2.53 bits per heavy atom. The highest BCUT2D eigenvalue weighted by molar-refractivity contribution is 4.75. The van der Waals surface area contributed by atoms with Gasteiger partial charge in [-0.3, -0.25) is 0 Å². The molecule has 1 saturated carbocycles. The van der Waals surface area contributed by atoms with Gasteiger partial charge in [0.15, 0.2) is 0 Å². The van der Waals surface area contributed by atoms with E-state index < -0.39 is 6.10 Å². The Bertz CT molecular complexity index is 172. The summed E-state index contributed by atoms with van der Waals surface area (Å²) in [7, 11) is 1.59. The maximum absolute atomic E-state index is 9.45. The Morgan fingerprint density at radius 2 is 1.93 bits per heavy atom. The molecule has 0 saturated heterocycles. The second-order valence-electron chi connectivity index (χ2n) is 4.83. The second kappa shape index (κ2) is 6.46. The summed E-state index contributed by atoms with van der Waals surface area (Å²) in [5.41, 5.74) is 0. The highest BCUT2D eigenvalue weighted by Gasteiger charge is 2.25. The fourth-order valence-electron chi connectivity index (χ4n) is 2.14. The zero-order chi connectivity index (χ0) is 11.3. The number of rotatable bonds is 5. The fraction of sp³-hybridized carbons (Fsp3) is 1.00. The van der Waals surface area contributed by atoms with Crippen LogP contribution in [0, 0.1) is 11.8 Å². The molecule has 90 valence electrons. The molecular formula is C12H24O3. The van der Waals surface area contributed by atoms with Gasteiger partial charge in [0.1, 0.15) is 6.10 Å². The molecule has 0 aliphatic heterocycles. The molecule has 4 atom stereocenters. The maximum Gasteiger partial charge on any atom is 0.101 e. The minimum atomic E-state index is -0.482. The van der Waals surface area contributed by atoms with Gasteiger partial charge in [0.25, 0.3) is 0 Å².